The number of piperidine rings is 1. The number of nitrogens with zero attached hydrogens (tertiary/aromatic N) is 3. The molecule has 0 radical (unpaired) electrons. The van der Waals surface area contributed by atoms with Gasteiger partial charge in [0, 0.05) is 30.6 Å². The number of hydrogen-bond donors (Lipinski definition) is 0. The summed E-state index contributed by atoms with van der Waals surface area (Å²) in [4.78, 5) is 0. The fraction of sp³-hybridized carbons (Fsp3) is 0.467. The smallest absolute Gasteiger partial charge is 0.212 e. The summed E-state index contributed by atoms with van der Waals surface area (Å²) in [7, 11) is -3.16. The molecule has 1 aliphatic heterocycles. The second kappa shape index (κ2) is 6.81. The number of hydrogen-bond acceptors (Lipinski definition) is 5. The van der Waals surface area contributed by atoms with Gasteiger partial charge in [0.1, 0.15) is 16.6 Å². The van der Waals surface area contributed by atoms with Crippen molar-refractivity contribution in [2.24, 2.45) is 0 Å². The molecule has 0 unspecified atom stereocenters. The van der Waals surface area contributed by atoms with Crippen LogP contribution in [0.15, 0.2) is 18.2 Å². The standard InChI is InChI=1S/C15H17F2N3O2S2/c1-2-24(21,22)20-7-5-10(6-8-20)14-18-19-15(23-14)12-4-3-11(16)9-13(12)17/h3-4,9-10H,2,5-8H2,1H3. The largest absolute Gasteiger partial charge is 0.213 e. The van der Waals surface area contributed by atoms with Crippen molar-refractivity contribution >= 4 is 21.4 Å². The predicted molar refractivity (Wildman–Crippen MR) is 88.3 cm³/mol. The molecule has 3 rings (SSSR count). The predicted octanol–water partition coefficient (Wildman–Crippen LogP) is 3.01. The Hall–Kier alpha value is -1.45. The van der Waals surface area contributed by atoms with E-state index in [2.05, 4.69) is 10.2 Å². The molecule has 0 bridgehead atoms. The molecule has 1 aromatic heterocycles. The van der Waals surface area contributed by atoms with Gasteiger partial charge in [0.2, 0.25) is 10.0 Å². The van der Waals surface area contributed by atoms with Gasteiger partial charge in [-0.25, -0.2) is 21.5 Å². The molecule has 0 aliphatic carbocycles. The minimum Gasteiger partial charge on any atom is -0.212 e. The van der Waals surface area contributed by atoms with E-state index in [4.69, 9.17) is 0 Å². The zero-order chi connectivity index (χ0) is 17.3. The summed E-state index contributed by atoms with van der Waals surface area (Å²) in [5.41, 5.74) is 0.228. The molecule has 2 heterocycles. The topological polar surface area (TPSA) is 63.2 Å². The summed E-state index contributed by atoms with van der Waals surface area (Å²) >= 11 is 1.27. The van der Waals surface area contributed by atoms with E-state index in [1.54, 1.807) is 6.92 Å². The number of sulfonamides is 1. The van der Waals surface area contributed by atoms with Crippen LogP contribution in [0.2, 0.25) is 0 Å². The van der Waals surface area contributed by atoms with Crippen molar-refractivity contribution in [1.29, 1.82) is 0 Å². The molecular formula is C15H17F2N3O2S2. The fourth-order valence-electron chi connectivity index (χ4n) is 2.73. The van der Waals surface area contributed by atoms with Gasteiger partial charge >= 0.3 is 0 Å². The molecule has 0 spiro atoms. The summed E-state index contributed by atoms with van der Waals surface area (Å²) in [5, 5.41) is 9.31. The van der Waals surface area contributed by atoms with E-state index in [0.29, 0.717) is 30.9 Å². The van der Waals surface area contributed by atoms with E-state index in [1.165, 1.54) is 27.8 Å². The van der Waals surface area contributed by atoms with Crippen LogP contribution < -0.4 is 0 Å². The Kier molecular flexibility index (Phi) is 4.93. The van der Waals surface area contributed by atoms with Crippen LogP contribution in [-0.2, 0) is 10.0 Å². The monoisotopic (exact) mass is 373 g/mol. The van der Waals surface area contributed by atoms with Crippen LogP contribution >= 0.6 is 11.3 Å². The fourth-order valence-corrected chi connectivity index (χ4v) is 4.91. The minimum absolute atomic E-state index is 0.102. The third kappa shape index (κ3) is 3.47. The van der Waals surface area contributed by atoms with Gasteiger partial charge in [0.05, 0.1) is 5.75 Å². The molecule has 1 aliphatic rings. The van der Waals surface area contributed by atoms with E-state index in [0.717, 1.165) is 11.1 Å². The lowest BCUT2D eigenvalue weighted by Crippen LogP contribution is -2.38. The van der Waals surface area contributed by atoms with Gasteiger partial charge < -0.3 is 0 Å². The Bertz CT molecular complexity index is 831. The molecule has 5 nitrogen and oxygen atoms in total. The quantitative estimate of drug-likeness (QED) is 0.826. The Morgan fingerprint density at radius 3 is 2.58 bits per heavy atom. The first-order valence-electron chi connectivity index (χ1n) is 7.67. The first-order valence-corrected chi connectivity index (χ1v) is 10.1. The van der Waals surface area contributed by atoms with Gasteiger partial charge in [-0.05, 0) is 31.9 Å². The van der Waals surface area contributed by atoms with E-state index >= 15 is 0 Å². The van der Waals surface area contributed by atoms with Crippen LogP contribution in [0, 0.1) is 11.6 Å². The summed E-state index contributed by atoms with van der Waals surface area (Å²) in [5.74, 6) is -1.08. The zero-order valence-corrected chi connectivity index (χ0v) is 14.7. The van der Waals surface area contributed by atoms with Crippen molar-refractivity contribution in [3.05, 3.63) is 34.8 Å². The van der Waals surface area contributed by atoms with Gasteiger partial charge in [-0.15, -0.1) is 10.2 Å². The normalized spacial score (nSPS) is 17.3. The van der Waals surface area contributed by atoms with E-state index < -0.39 is 21.7 Å². The number of halogens is 2. The minimum atomic E-state index is -3.16. The lowest BCUT2D eigenvalue weighted by Gasteiger charge is -2.29. The molecule has 1 saturated heterocycles. The van der Waals surface area contributed by atoms with Crippen molar-refractivity contribution in [3.63, 3.8) is 0 Å². The molecule has 0 amide bonds. The summed E-state index contributed by atoms with van der Waals surface area (Å²) in [6.07, 6.45) is 1.33. The maximum absolute atomic E-state index is 13.8. The number of rotatable bonds is 4. The first kappa shape index (κ1) is 17.4. The van der Waals surface area contributed by atoms with Crippen LogP contribution in [0.1, 0.15) is 30.7 Å². The molecule has 1 fully saturated rings. The molecular weight excluding hydrogens is 356 g/mol. The lowest BCUT2D eigenvalue weighted by molar-refractivity contribution is 0.319. The second-order valence-corrected chi connectivity index (χ2v) is 8.91. The molecule has 2 aromatic rings. The molecule has 1 aromatic carbocycles. The third-order valence-corrected chi connectivity index (χ3v) is 7.16. The molecule has 0 saturated carbocycles. The van der Waals surface area contributed by atoms with Crippen LogP contribution in [0.4, 0.5) is 8.78 Å². The van der Waals surface area contributed by atoms with Crippen LogP contribution in [0.5, 0.6) is 0 Å². The molecule has 24 heavy (non-hydrogen) atoms. The van der Waals surface area contributed by atoms with Crippen molar-refractivity contribution in [1.82, 2.24) is 14.5 Å². The van der Waals surface area contributed by atoms with E-state index in [-0.39, 0.29) is 17.2 Å². The molecule has 130 valence electrons. The lowest BCUT2D eigenvalue weighted by atomic mass is 9.99. The highest BCUT2D eigenvalue weighted by Gasteiger charge is 2.29. The maximum atomic E-state index is 13.8. The number of benzene rings is 1. The van der Waals surface area contributed by atoms with Crippen molar-refractivity contribution in [2.45, 2.75) is 25.7 Å². The Morgan fingerprint density at radius 1 is 1.25 bits per heavy atom. The Labute approximate surface area is 143 Å². The molecule has 0 atom stereocenters. The average molecular weight is 373 g/mol. The van der Waals surface area contributed by atoms with Crippen LogP contribution in [-0.4, -0.2) is 41.8 Å². The molecule has 9 heteroatoms. The highest BCUT2D eigenvalue weighted by Crippen LogP contribution is 2.34. The zero-order valence-electron chi connectivity index (χ0n) is 13.1. The maximum Gasteiger partial charge on any atom is 0.213 e. The van der Waals surface area contributed by atoms with Crippen molar-refractivity contribution in [3.8, 4) is 10.6 Å². The first-order chi connectivity index (χ1) is 11.4. The average Bonchev–Trinajstić information content (AvgIpc) is 3.04. The van der Waals surface area contributed by atoms with E-state index in [1.807, 2.05) is 0 Å². The highest BCUT2D eigenvalue weighted by atomic mass is 32.2. The Balaban J connectivity index is 1.73. The van der Waals surface area contributed by atoms with Crippen LogP contribution in [0.25, 0.3) is 10.6 Å². The third-order valence-electron chi connectivity index (χ3n) is 4.16. The SMILES string of the molecule is CCS(=O)(=O)N1CCC(c2nnc(-c3ccc(F)cc3F)s2)CC1. The van der Waals surface area contributed by atoms with E-state index in [9.17, 15) is 17.2 Å². The summed E-state index contributed by atoms with van der Waals surface area (Å²) in [6, 6.07) is 3.36. The highest BCUT2D eigenvalue weighted by molar-refractivity contribution is 7.89. The van der Waals surface area contributed by atoms with Crippen molar-refractivity contribution in [2.75, 3.05) is 18.8 Å². The van der Waals surface area contributed by atoms with Crippen molar-refractivity contribution < 1.29 is 17.2 Å². The second-order valence-electron chi connectivity index (χ2n) is 5.64. The summed E-state index contributed by atoms with van der Waals surface area (Å²) in [6.45, 7) is 2.55. The molecule has 0 N–H and O–H groups in total. The summed E-state index contributed by atoms with van der Waals surface area (Å²) < 4.78 is 52.1. The number of aromatic nitrogens is 2. The van der Waals surface area contributed by atoms with Gasteiger partial charge in [0.25, 0.3) is 0 Å². The van der Waals surface area contributed by atoms with Gasteiger partial charge in [-0.2, -0.15) is 0 Å². The Morgan fingerprint density at radius 2 is 1.96 bits per heavy atom. The van der Waals surface area contributed by atoms with Gasteiger partial charge in [0.15, 0.2) is 5.01 Å². The van der Waals surface area contributed by atoms with Gasteiger partial charge in [-0.3, -0.25) is 0 Å². The van der Waals surface area contributed by atoms with Gasteiger partial charge in [-0.1, -0.05) is 11.3 Å². The van der Waals surface area contributed by atoms with Crippen LogP contribution in [0.3, 0.4) is 0 Å².